The normalized spacial score (nSPS) is 21.7. The Morgan fingerprint density at radius 1 is 1.10 bits per heavy atom. The van der Waals surface area contributed by atoms with Gasteiger partial charge in [0.15, 0.2) is 21.4 Å². The summed E-state index contributed by atoms with van der Waals surface area (Å²) in [5.41, 5.74) is 2.12. The number of fused-ring (bicyclic) bond motifs is 1. The molecule has 0 aliphatic heterocycles. The zero-order valence-corrected chi connectivity index (χ0v) is 18.1. The first kappa shape index (κ1) is 21.2. The number of ether oxygens (including phenoxy) is 1. The molecule has 0 amide bonds. The molecule has 1 saturated carbocycles. The standard InChI is InChI=1S/C23H27F2NO3S/c1-3-30(27,28)16-8-9-22(20(25)12-16)29-23-18-10-14(2)11-19(24)17(18)13-21(23)26-15-6-4-5-7-15/h8-12,15,21,23,26H,3-7,13H2,1-2H3. The third-order valence-electron chi connectivity index (χ3n) is 6.17. The summed E-state index contributed by atoms with van der Waals surface area (Å²) in [6.45, 7) is 3.34. The highest BCUT2D eigenvalue weighted by Gasteiger charge is 2.38. The second-order valence-corrected chi connectivity index (χ2v) is 10.6. The van der Waals surface area contributed by atoms with Gasteiger partial charge in [0.25, 0.3) is 0 Å². The maximum atomic E-state index is 14.8. The maximum Gasteiger partial charge on any atom is 0.178 e. The van der Waals surface area contributed by atoms with Gasteiger partial charge in [-0.2, -0.15) is 0 Å². The van der Waals surface area contributed by atoms with Crippen LogP contribution in [-0.4, -0.2) is 26.3 Å². The molecule has 30 heavy (non-hydrogen) atoms. The van der Waals surface area contributed by atoms with Crippen molar-refractivity contribution in [1.29, 1.82) is 0 Å². The van der Waals surface area contributed by atoms with E-state index in [1.807, 2.05) is 13.0 Å². The summed E-state index contributed by atoms with van der Waals surface area (Å²) < 4.78 is 59.5. The molecule has 4 nitrogen and oxygen atoms in total. The first-order chi connectivity index (χ1) is 14.3. The average molecular weight is 436 g/mol. The molecule has 162 valence electrons. The van der Waals surface area contributed by atoms with Crippen molar-refractivity contribution in [2.24, 2.45) is 0 Å². The molecule has 0 saturated heterocycles. The molecule has 2 aromatic carbocycles. The van der Waals surface area contributed by atoms with E-state index in [0.717, 1.165) is 30.0 Å². The zero-order chi connectivity index (χ0) is 21.5. The molecule has 4 rings (SSSR count). The van der Waals surface area contributed by atoms with Crippen molar-refractivity contribution >= 4 is 9.84 Å². The first-order valence-electron chi connectivity index (χ1n) is 10.5. The second kappa shape index (κ2) is 8.27. The quantitative estimate of drug-likeness (QED) is 0.718. The van der Waals surface area contributed by atoms with Crippen molar-refractivity contribution in [2.75, 3.05) is 5.75 Å². The van der Waals surface area contributed by atoms with E-state index < -0.39 is 21.8 Å². The monoisotopic (exact) mass is 435 g/mol. The highest BCUT2D eigenvalue weighted by molar-refractivity contribution is 7.91. The van der Waals surface area contributed by atoms with Crippen LogP contribution in [0.15, 0.2) is 35.2 Å². The number of hydrogen-bond donors (Lipinski definition) is 1. The van der Waals surface area contributed by atoms with E-state index in [-0.39, 0.29) is 28.3 Å². The fourth-order valence-electron chi connectivity index (χ4n) is 4.57. The predicted molar refractivity (Wildman–Crippen MR) is 112 cm³/mol. The van der Waals surface area contributed by atoms with Crippen molar-refractivity contribution < 1.29 is 21.9 Å². The van der Waals surface area contributed by atoms with E-state index >= 15 is 0 Å². The van der Waals surface area contributed by atoms with Gasteiger partial charge in [0.1, 0.15) is 11.9 Å². The lowest BCUT2D eigenvalue weighted by atomic mass is 10.1. The fraction of sp³-hybridized carbons (Fsp3) is 0.478. The van der Waals surface area contributed by atoms with Gasteiger partial charge in [-0.05, 0) is 61.6 Å². The Morgan fingerprint density at radius 2 is 1.83 bits per heavy atom. The van der Waals surface area contributed by atoms with Gasteiger partial charge in [-0.1, -0.05) is 25.8 Å². The van der Waals surface area contributed by atoms with Crippen LogP contribution >= 0.6 is 0 Å². The number of nitrogens with one attached hydrogen (secondary N) is 1. The Morgan fingerprint density at radius 3 is 2.50 bits per heavy atom. The summed E-state index contributed by atoms with van der Waals surface area (Å²) in [5, 5.41) is 3.60. The van der Waals surface area contributed by atoms with E-state index in [2.05, 4.69) is 5.32 Å². The van der Waals surface area contributed by atoms with E-state index in [4.69, 9.17) is 4.74 Å². The molecule has 1 N–H and O–H groups in total. The van der Waals surface area contributed by atoms with Crippen molar-refractivity contribution in [3.8, 4) is 5.75 Å². The molecular weight excluding hydrogens is 408 g/mol. The molecule has 0 spiro atoms. The van der Waals surface area contributed by atoms with Gasteiger partial charge < -0.3 is 10.1 Å². The highest BCUT2D eigenvalue weighted by atomic mass is 32.2. The van der Waals surface area contributed by atoms with Crippen LogP contribution in [0.2, 0.25) is 0 Å². The average Bonchev–Trinajstić information content (AvgIpc) is 3.32. The molecule has 2 aliphatic rings. The second-order valence-electron chi connectivity index (χ2n) is 8.31. The first-order valence-corrected chi connectivity index (χ1v) is 12.2. The van der Waals surface area contributed by atoms with Crippen molar-refractivity contribution in [3.05, 3.63) is 58.7 Å². The van der Waals surface area contributed by atoms with Crippen LogP contribution in [-0.2, 0) is 16.3 Å². The Kier molecular flexibility index (Phi) is 5.86. The highest BCUT2D eigenvalue weighted by Crippen LogP contribution is 2.39. The number of hydrogen-bond acceptors (Lipinski definition) is 4. The maximum absolute atomic E-state index is 14.8. The summed E-state index contributed by atoms with van der Waals surface area (Å²) in [7, 11) is -3.51. The number of aryl methyl sites for hydroxylation is 1. The molecule has 7 heteroatoms. The number of sulfone groups is 1. The van der Waals surface area contributed by atoms with E-state index in [1.54, 1.807) is 0 Å². The van der Waals surface area contributed by atoms with Crippen LogP contribution in [0, 0.1) is 18.6 Å². The van der Waals surface area contributed by atoms with Crippen molar-refractivity contribution in [1.82, 2.24) is 5.32 Å². The fourth-order valence-corrected chi connectivity index (χ4v) is 5.46. The third kappa shape index (κ3) is 4.10. The lowest BCUT2D eigenvalue weighted by Gasteiger charge is -2.26. The number of halogens is 2. The lowest BCUT2D eigenvalue weighted by Crippen LogP contribution is -2.41. The molecule has 0 bridgehead atoms. The van der Waals surface area contributed by atoms with Gasteiger partial charge in [0.2, 0.25) is 0 Å². The SMILES string of the molecule is CCS(=O)(=O)c1ccc(OC2c3cc(C)cc(F)c3CC2NC2CCCC2)c(F)c1. The number of benzene rings is 2. The largest absolute Gasteiger partial charge is 0.481 e. The summed E-state index contributed by atoms with van der Waals surface area (Å²) >= 11 is 0. The Labute approximate surface area is 176 Å². The van der Waals surface area contributed by atoms with Crippen LogP contribution in [0.25, 0.3) is 0 Å². The number of rotatable bonds is 6. The van der Waals surface area contributed by atoms with E-state index in [9.17, 15) is 17.2 Å². The third-order valence-corrected chi connectivity index (χ3v) is 7.90. The van der Waals surface area contributed by atoms with Crippen LogP contribution in [0.5, 0.6) is 5.75 Å². The van der Waals surface area contributed by atoms with Crippen LogP contribution in [0.4, 0.5) is 8.78 Å². The minimum absolute atomic E-state index is 0.0250. The minimum atomic E-state index is -3.51. The summed E-state index contributed by atoms with van der Waals surface area (Å²) in [4.78, 5) is -0.0656. The van der Waals surface area contributed by atoms with Crippen LogP contribution in [0.1, 0.15) is 55.4 Å². The van der Waals surface area contributed by atoms with Gasteiger partial charge in [0.05, 0.1) is 16.7 Å². The van der Waals surface area contributed by atoms with Gasteiger partial charge in [-0.3, -0.25) is 0 Å². The smallest absolute Gasteiger partial charge is 0.178 e. The van der Waals surface area contributed by atoms with E-state index in [0.29, 0.717) is 18.0 Å². The summed E-state index contributed by atoms with van der Waals surface area (Å²) in [5.74, 6) is -1.12. The van der Waals surface area contributed by atoms with Gasteiger partial charge >= 0.3 is 0 Å². The Hall–Kier alpha value is -1.99. The molecule has 2 aromatic rings. The van der Waals surface area contributed by atoms with Gasteiger partial charge in [0, 0.05) is 11.6 Å². The van der Waals surface area contributed by atoms with Gasteiger partial charge in [-0.25, -0.2) is 17.2 Å². The molecule has 0 aromatic heterocycles. The molecule has 2 aliphatic carbocycles. The molecule has 1 fully saturated rings. The topological polar surface area (TPSA) is 55.4 Å². The molecule has 2 unspecified atom stereocenters. The van der Waals surface area contributed by atoms with Crippen molar-refractivity contribution in [2.45, 2.75) is 69.0 Å². The van der Waals surface area contributed by atoms with Crippen LogP contribution < -0.4 is 10.1 Å². The minimum Gasteiger partial charge on any atom is -0.481 e. The molecule has 2 atom stereocenters. The lowest BCUT2D eigenvalue weighted by molar-refractivity contribution is 0.153. The Balaban J connectivity index is 1.66. The Bertz CT molecular complexity index is 1050. The van der Waals surface area contributed by atoms with Gasteiger partial charge in [-0.15, -0.1) is 0 Å². The molecule has 0 heterocycles. The van der Waals surface area contributed by atoms with E-state index in [1.165, 1.54) is 38.0 Å². The summed E-state index contributed by atoms with van der Waals surface area (Å²) in [6, 6.07) is 7.31. The van der Waals surface area contributed by atoms with Crippen molar-refractivity contribution in [3.63, 3.8) is 0 Å². The van der Waals surface area contributed by atoms with Crippen LogP contribution in [0.3, 0.4) is 0 Å². The molecule has 0 radical (unpaired) electrons. The molecular formula is C23H27F2NO3S. The summed E-state index contributed by atoms with van der Waals surface area (Å²) in [6.07, 6.45) is 4.40. The predicted octanol–water partition coefficient (Wildman–Crippen LogP) is 4.64. The zero-order valence-electron chi connectivity index (χ0n) is 17.3.